The molecule has 84 valence electrons. The Bertz CT molecular complexity index is 175. The van der Waals surface area contributed by atoms with Crippen molar-refractivity contribution in [1.29, 1.82) is 0 Å². The minimum atomic E-state index is -0.723. The summed E-state index contributed by atoms with van der Waals surface area (Å²) in [6.45, 7) is 6.12. The molecule has 2 N–H and O–H groups in total. The molecule has 0 saturated carbocycles. The van der Waals surface area contributed by atoms with Crippen molar-refractivity contribution in [2.45, 2.75) is 45.2 Å². The van der Waals surface area contributed by atoms with Crippen LogP contribution in [0.15, 0.2) is 0 Å². The maximum absolute atomic E-state index is 9.60. The Hall–Kier alpha value is 0.230. The Morgan fingerprint density at radius 2 is 1.93 bits per heavy atom. The number of hydrogen-bond donors (Lipinski definition) is 2. The fourth-order valence-electron chi connectivity index (χ4n) is 1.49. The third kappa shape index (κ3) is 3.12. The third-order valence-corrected chi connectivity index (χ3v) is 3.80. The predicted molar refractivity (Wildman–Crippen MR) is 58.5 cm³/mol. The molecule has 0 aromatic rings. The molecule has 14 heavy (non-hydrogen) atoms. The lowest BCUT2D eigenvalue weighted by atomic mass is 10.1. The molecule has 4 heteroatoms. The van der Waals surface area contributed by atoms with Crippen molar-refractivity contribution in [3.63, 3.8) is 0 Å². The fourth-order valence-corrected chi connectivity index (χ4v) is 2.61. The number of thioether (sulfide) groups is 1. The van der Waals surface area contributed by atoms with Crippen LogP contribution in [-0.2, 0) is 4.74 Å². The lowest BCUT2D eigenvalue weighted by Gasteiger charge is -2.14. The molecular formula is C10H20O3S. The monoisotopic (exact) mass is 220 g/mol. The van der Waals surface area contributed by atoms with Crippen LogP contribution in [0, 0.1) is 5.92 Å². The molecule has 4 atom stereocenters. The summed E-state index contributed by atoms with van der Waals surface area (Å²) in [5.74, 6) is 2.48. The van der Waals surface area contributed by atoms with Gasteiger partial charge in [0, 0.05) is 5.75 Å². The van der Waals surface area contributed by atoms with E-state index in [0.29, 0.717) is 5.92 Å². The summed E-state index contributed by atoms with van der Waals surface area (Å²) in [7, 11) is 0. The number of rotatable bonds is 4. The van der Waals surface area contributed by atoms with Gasteiger partial charge in [0.05, 0.1) is 12.2 Å². The van der Waals surface area contributed by atoms with E-state index in [1.54, 1.807) is 18.7 Å². The summed E-state index contributed by atoms with van der Waals surface area (Å²) in [4.78, 5) is 0. The van der Waals surface area contributed by atoms with E-state index >= 15 is 0 Å². The molecule has 0 amide bonds. The minimum absolute atomic E-state index is 0.205. The Morgan fingerprint density at radius 3 is 2.36 bits per heavy atom. The van der Waals surface area contributed by atoms with Gasteiger partial charge in [-0.2, -0.15) is 11.8 Å². The molecular weight excluding hydrogens is 200 g/mol. The van der Waals surface area contributed by atoms with Crippen molar-refractivity contribution in [1.82, 2.24) is 0 Å². The van der Waals surface area contributed by atoms with E-state index in [2.05, 4.69) is 13.8 Å². The summed E-state index contributed by atoms with van der Waals surface area (Å²) in [5.41, 5.74) is 0. The molecule has 1 saturated heterocycles. The van der Waals surface area contributed by atoms with Crippen molar-refractivity contribution in [3.05, 3.63) is 0 Å². The summed E-state index contributed by atoms with van der Waals surface area (Å²) < 4.78 is 5.45. The summed E-state index contributed by atoms with van der Waals surface area (Å²) in [5, 5.41) is 19.1. The van der Waals surface area contributed by atoms with Gasteiger partial charge >= 0.3 is 0 Å². The minimum Gasteiger partial charge on any atom is -0.388 e. The van der Waals surface area contributed by atoms with Crippen LogP contribution in [0.1, 0.15) is 20.8 Å². The zero-order valence-electron chi connectivity index (χ0n) is 9.01. The number of hydrogen-bond acceptors (Lipinski definition) is 4. The maximum atomic E-state index is 9.60. The van der Waals surface area contributed by atoms with E-state index in [1.807, 2.05) is 0 Å². The Kier molecular flexibility index (Phi) is 4.70. The van der Waals surface area contributed by atoms with Crippen LogP contribution in [-0.4, -0.2) is 46.1 Å². The van der Waals surface area contributed by atoms with Gasteiger partial charge in [-0.15, -0.1) is 0 Å². The average Bonchev–Trinajstić information content (AvgIpc) is 2.33. The first-order valence-electron chi connectivity index (χ1n) is 5.11. The highest BCUT2D eigenvalue weighted by molar-refractivity contribution is 7.99. The highest BCUT2D eigenvalue weighted by atomic mass is 32.2. The normalized spacial score (nSPS) is 38.1. The number of aliphatic hydroxyl groups is 2. The van der Waals surface area contributed by atoms with E-state index in [1.165, 1.54) is 0 Å². The van der Waals surface area contributed by atoms with Gasteiger partial charge in [-0.25, -0.2) is 0 Å². The summed E-state index contributed by atoms with van der Waals surface area (Å²) >= 11 is 1.77. The van der Waals surface area contributed by atoms with Gasteiger partial charge in [0.2, 0.25) is 0 Å². The van der Waals surface area contributed by atoms with Crippen LogP contribution in [0.3, 0.4) is 0 Å². The molecule has 0 radical (unpaired) electrons. The second-order valence-electron chi connectivity index (χ2n) is 4.29. The van der Waals surface area contributed by atoms with Crippen LogP contribution < -0.4 is 0 Å². The molecule has 1 heterocycles. The Morgan fingerprint density at radius 1 is 1.29 bits per heavy atom. The van der Waals surface area contributed by atoms with E-state index < -0.39 is 12.2 Å². The molecule has 3 nitrogen and oxygen atoms in total. The Labute approximate surface area is 89.8 Å². The largest absolute Gasteiger partial charge is 0.388 e. The van der Waals surface area contributed by atoms with Crippen LogP contribution >= 0.6 is 11.8 Å². The number of ether oxygens (including phenoxy) is 1. The molecule has 0 aliphatic carbocycles. The van der Waals surface area contributed by atoms with Gasteiger partial charge in [0.1, 0.15) is 12.2 Å². The SMILES string of the molecule is CC(C)CSCC1OC(C)C(O)C1O. The molecule has 0 aromatic carbocycles. The van der Waals surface area contributed by atoms with E-state index in [-0.39, 0.29) is 12.2 Å². The first-order chi connectivity index (χ1) is 6.52. The quantitative estimate of drug-likeness (QED) is 0.738. The molecule has 0 bridgehead atoms. The summed E-state index contributed by atoms with van der Waals surface area (Å²) in [6, 6.07) is 0. The van der Waals surface area contributed by atoms with E-state index in [4.69, 9.17) is 4.74 Å². The van der Waals surface area contributed by atoms with Gasteiger partial charge in [-0.1, -0.05) is 13.8 Å². The maximum Gasteiger partial charge on any atom is 0.109 e. The highest BCUT2D eigenvalue weighted by Crippen LogP contribution is 2.24. The van der Waals surface area contributed by atoms with Crippen molar-refractivity contribution in [2.24, 2.45) is 5.92 Å². The molecule has 4 unspecified atom stereocenters. The van der Waals surface area contributed by atoms with Crippen molar-refractivity contribution in [3.8, 4) is 0 Å². The molecule has 1 aliphatic rings. The zero-order valence-corrected chi connectivity index (χ0v) is 9.83. The summed E-state index contributed by atoms with van der Waals surface area (Å²) in [6.07, 6.45) is -1.89. The van der Waals surface area contributed by atoms with Gasteiger partial charge in [-0.05, 0) is 18.6 Å². The topological polar surface area (TPSA) is 49.7 Å². The van der Waals surface area contributed by atoms with Crippen LogP contribution in [0.2, 0.25) is 0 Å². The van der Waals surface area contributed by atoms with Crippen LogP contribution in [0.5, 0.6) is 0 Å². The standard InChI is InChI=1S/C10H20O3S/c1-6(2)4-14-5-8-10(12)9(11)7(3)13-8/h6-12H,4-5H2,1-3H3. The second-order valence-corrected chi connectivity index (χ2v) is 5.37. The molecule has 1 rings (SSSR count). The zero-order chi connectivity index (χ0) is 10.7. The van der Waals surface area contributed by atoms with Gasteiger partial charge in [-0.3, -0.25) is 0 Å². The van der Waals surface area contributed by atoms with Crippen molar-refractivity contribution in [2.75, 3.05) is 11.5 Å². The fraction of sp³-hybridized carbons (Fsp3) is 1.00. The first-order valence-corrected chi connectivity index (χ1v) is 6.27. The van der Waals surface area contributed by atoms with Crippen LogP contribution in [0.4, 0.5) is 0 Å². The van der Waals surface area contributed by atoms with Crippen molar-refractivity contribution < 1.29 is 14.9 Å². The smallest absolute Gasteiger partial charge is 0.109 e. The lowest BCUT2D eigenvalue weighted by Crippen LogP contribution is -2.32. The average molecular weight is 220 g/mol. The highest BCUT2D eigenvalue weighted by Gasteiger charge is 2.39. The molecule has 0 aromatic heterocycles. The lowest BCUT2D eigenvalue weighted by molar-refractivity contribution is 0.0302. The van der Waals surface area contributed by atoms with Gasteiger partial charge in [0.25, 0.3) is 0 Å². The van der Waals surface area contributed by atoms with Gasteiger partial charge in [0.15, 0.2) is 0 Å². The van der Waals surface area contributed by atoms with Crippen LogP contribution in [0.25, 0.3) is 0 Å². The molecule has 1 fully saturated rings. The number of aliphatic hydroxyl groups excluding tert-OH is 2. The van der Waals surface area contributed by atoms with Gasteiger partial charge < -0.3 is 14.9 Å². The van der Waals surface area contributed by atoms with E-state index in [0.717, 1.165) is 11.5 Å². The molecule has 1 aliphatic heterocycles. The third-order valence-electron chi connectivity index (χ3n) is 2.33. The predicted octanol–water partition coefficient (Wildman–Crippen LogP) is 0.885. The van der Waals surface area contributed by atoms with Crippen molar-refractivity contribution >= 4 is 11.8 Å². The second kappa shape index (κ2) is 5.35. The molecule has 0 spiro atoms. The Balaban J connectivity index is 2.25. The van der Waals surface area contributed by atoms with E-state index in [9.17, 15) is 10.2 Å². The first kappa shape index (κ1) is 12.3.